The molecule has 3 aromatic carbocycles. The number of carbonyl (C=O) groups excluding carboxylic acids is 2. The Morgan fingerprint density at radius 3 is 2.52 bits per heavy atom. The number of fused-ring (bicyclic) bond motifs is 2. The van der Waals surface area contributed by atoms with Crippen molar-refractivity contribution < 1.29 is 22.7 Å². The summed E-state index contributed by atoms with van der Waals surface area (Å²) < 4.78 is 33.8. The van der Waals surface area contributed by atoms with Crippen LogP contribution in [-0.4, -0.2) is 57.2 Å². The number of amides is 2. The number of ether oxygens (including phenoxy) is 1. The molecule has 3 N–H and O–H groups in total. The van der Waals surface area contributed by atoms with Gasteiger partial charge >= 0.3 is 0 Å². The van der Waals surface area contributed by atoms with E-state index in [-0.39, 0.29) is 18.1 Å². The van der Waals surface area contributed by atoms with Crippen molar-refractivity contribution in [1.29, 1.82) is 0 Å². The first-order chi connectivity index (χ1) is 20.9. The van der Waals surface area contributed by atoms with Crippen molar-refractivity contribution in [1.82, 2.24) is 15.0 Å². The van der Waals surface area contributed by atoms with E-state index >= 15 is 0 Å². The van der Waals surface area contributed by atoms with Crippen LogP contribution in [0.3, 0.4) is 0 Å². The Morgan fingerprint density at radius 2 is 1.80 bits per heavy atom. The van der Waals surface area contributed by atoms with E-state index < -0.39 is 27.7 Å². The Labute approximate surface area is 266 Å². The molecule has 1 aromatic heterocycles. The average molecular weight is 658 g/mol. The van der Waals surface area contributed by atoms with Crippen LogP contribution in [0.1, 0.15) is 39.2 Å². The molecule has 0 fully saturated rings. The van der Waals surface area contributed by atoms with E-state index in [0.29, 0.717) is 52.7 Å². The molecule has 9 nitrogen and oxygen atoms in total. The van der Waals surface area contributed by atoms with Crippen molar-refractivity contribution >= 4 is 61.6 Å². The van der Waals surface area contributed by atoms with E-state index in [2.05, 4.69) is 15.0 Å². The molecule has 0 saturated heterocycles. The van der Waals surface area contributed by atoms with Crippen molar-refractivity contribution in [2.75, 3.05) is 30.9 Å². The Balaban J connectivity index is 1.20. The number of rotatable bonds is 11. The van der Waals surface area contributed by atoms with E-state index in [0.717, 1.165) is 27.8 Å². The van der Waals surface area contributed by atoms with E-state index in [4.69, 9.17) is 27.9 Å². The molecule has 1 aliphatic rings. The molecule has 1 aliphatic heterocycles. The second-order valence-electron chi connectivity index (χ2n) is 11.0. The zero-order valence-corrected chi connectivity index (χ0v) is 27.0. The van der Waals surface area contributed by atoms with Gasteiger partial charge in [0.1, 0.15) is 17.5 Å². The predicted octanol–water partition coefficient (Wildman–Crippen LogP) is 5.34. The van der Waals surface area contributed by atoms with Crippen LogP contribution in [0.25, 0.3) is 10.9 Å². The quantitative estimate of drug-likeness (QED) is 0.188. The summed E-state index contributed by atoms with van der Waals surface area (Å²) >= 11 is 12.4. The fraction of sp³-hybridized carbons (Fsp3) is 0.312. The minimum Gasteiger partial charge on any atom is -0.494 e. The maximum atomic E-state index is 13.3. The number of H-pyrrole nitrogens is 1. The monoisotopic (exact) mass is 656 g/mol. The second kappa shape index (κ2) is 13.1. The van der Waals surface area contributed by atoms with Crippen LogP contribution in [0.5, 0.6) is 5.75 Å². The van der Waals surface area contributed by atoms with Crippen LogP contribution in [-0.2, 0) is 27.7 Å². The summed E-state index contributed by atoms with van der Waals surface area (Å²) in [6.07, 6.45) is 1.55. The molecule has 0 bridgehead atoms. The number of anilines is 1. The molecule has 0 radical (unpaired) electrons. The van der Waals surface area contributed by atoms with Crippen molar-refractivity contribution in [3.8, 4) is 5.75 Å². The number of benzene rings is 3. The lowest BCUT2D eigenvalue weighted by Crippen LogP contribution is -2.45. The molecule has 0 aliphatic carbocycles. The van der Waals surface area contributed by atoms with Gasteiger partial charge in [0.05, 0.1) is 12.4 Å². The van der Waals surface area contributed by atoms with E-state index in [1.54, 1.807) is 18.2 Å². The third-order valence-electron chi connectivity index (χ3n) is 7.82. The summed E-state index contributed by atoms with van der Waals surface area (Å²) in [5.74, 6) is -0.806. The lowest BCUT2D eigenvalue weighted by molar-refractivity contribution is -0.122. The third kappa shape index (κ3) is 6.98. The first-order valence-corrected chi connectivity index (χ1v) is 16.7. The fourth-order valence-electron chi connectivity index (χ4n) is 5.59. The normalized spacial score (nSPS) is 14.5. The largest absolute Gasteiger partial charge is 0.494 e. The van der Waals surface area contributed by atoms with Crippen molar-refractivity contribution in [2.24, 2.45) is 0 Å². The fourth-order valence-corrected chi connectivity index (χ4v) is 6.73. The molecule has 12 heteroatoms. The van der Waals surface area contributed by atoms with Crippen LogP contribution in [0.15, 0.2) is 54.6 Å². The van der Waals surface area contributed by atoms with Gasteiger partial charge in [0, 0.05) is 46.6 Å². The standard InChI is InChI=1S/C32H34Cl2N4O5S/c1-19-15-23(16-20(2)29(19)34)43-13-6-8-25-24-11-10-22(33)18-26(24)36-30(25)32(40)37-44(41,42)14-12-35-31(39)28-17-21-7-4-5-9-27(21)38(28)3/h4-5,7,9-11,15-16,18,28,36H,6,8,12-14,17H2,1-3H3,(H,35,39)(H,37,40). The van der Waals surface area contributed by atoms with Gasteiger partial charge in [0.15, 0.2) is 0 Å². The van der Waals surface area contributed by atoms with Crippen LogP contribution in [0.4, 0.5) is 5.69 Å². The lowest BCUT2D eigenvalue weighted by atomic mass is 10.1. The number of hydrogen-bond donors (Lipinski definition) is 3. The zero-order chi connectivity index (χ0) is 31.6. The van der Waals surface area contributed by atoms with Gasteiger partial charge in [0.2, 0.25) is 15.9 Å². The van der Waals surface area contributed by atoms with E-state index in [1.165, 1.54) is 0 Å². The number of aromatic amines is 1. The Morgan fingerprint density at radius 1 is 1.07 bits per heavy atom. The lowest BCUT2D eigenvalue weighted by Gasteiger charge is -2.21. The second-order valence-corrected chi connectivity index (χ2v) is 13.6. The summed E-state index contributed by atoms with van der Waals surface area (Å²) in [6, 6.07) is 16.3. The highest BCUT2D eigenvalue weighted by atomic mass is 35.5. The molecular formula is C32H34Cl2N4O5S. The summed E-state index contributed by atoms with van der Waals surface area (Å²) in [7, 11) is -2.22. The number of likely N-dealkylation sites (N-methyl/N-ethyl adjacent to an activating group) is 1. The molecule has 0 spiro atoms. The summed E-state index contributed by atoms with van der Waals surface area (Å²) in [4.78, 5) is 31.0. The zero-order valence-electron chi connectivity index (χ0n) is 24.7. The number of para-hydroxylation sites is 1. The number of nitrogens with one attached hydrogen (secondary N) is 3. The third-order valence-corrected chi connectivity index (χ3v) is 9.89. The first kappa shape index (κ1) is 31.7. The maximum absolute atomic E-state index is 13.3. The molecule has 44 heavy (non-hydrogen) atoms. The van der Waals surface area contributed by atoms with E-state index in [1.807, 2.05) is 62.2 Å². The van der Waals surface area contributed by atoms with Crippen molar-refractivity contribution in [3.05, 3.63) is 92.6 Å². The number of sulfonamides is 1. The van der Waals surface area contributed by atoms with Crippen molar-refractivity contribution in [2.45, 2.75) is 39.2 Å². The van der Waals surface area contributed by atoms with Crippen LogP contribution in [0, 0.1) is 13.8 Å². The minimum atomic E-state index is -4.06. The molecule has 1 atom stereocenters. The van der Waals surface area contributed by atoms with Gasteiger partial charge < -0.3 is 19.9 Å². The maximum Gasteiger partial charge on any atom is 0.281 e. The summed E-state index contributed by atoms with van der Waals surface area (Å²) in [5.41, 5.74) is 5.30. The highest BCUT2D eigenvalue weighted by molar-refractivity contribution is 7.90. The molecule has 2 heterocycles. The van der Waals surface area contributed by atoms with Gasteiger partial charge in [-0.2, -0.15) is 0 Å². The highest BCUT2D eigenvalue weighted by Gasteiger charge is 2.31. The molecule has 2 amide bonds. The number of hydrogen-bond acceptors (Lipinski definition) is 6. The highest BCUT2D eigenvalue weighted by Crippen LogP contribution is 2.31. The van der Waals surface area contributed by atoms with E-state index in [9.17, 15) is 18.0 Å². The molecular weight excluding hydrogens is 623 g/mol. The number of carbonyl (C=O) groups is 2. The molecule has 5 rings (SSSR count). The van der Waals surface area contributed by atoms with Gasteiger partial charge in [-0.15, -0.1) is 0 Å². The van der Waals surface area contributed by atoms with Gasteiger partial charge in [-0.1, -0.05) is 47.5 Å². The Bertz CT molecular complexity index is 1820. The molecule has 232 valence electrons. The summed E-state index contributed by atoms with van der Waals surface area (Å²) in [5, 5.41) is 4.65. The van der Waals surface area contributed by atoms with Gasteiger partial charge in [-0.05, 0) is 79.3 Å². The number of nitrogens with zero attached hydrogens (tertiary/aromatic N) is 1. The smallest absolute Gasteiger partial charge is 0.281 e. The summed E-state index contributed by atoms with van der Waals surface area (Å²) in [6.45, 7) is 4.07. The van der Waals surface area contributed by atoms with Crippen molar-refractivity contribution in [3.63, 3.8) is 0 Å². The number of aromatic nitrogens is 1. The van der Waals surface area contributed by atoms with Gasteiger partial charge in [0.25, 0.3) is 5.91 Å². The van der Waals surface area contributed by atoms with Gasteiger partial charge in [-0.3, -0.25) is 9.59 Å². The SMILES string of the molecule is Cc1cc(OCCCc2c(C(=O)NS(=O)(=O)CCNC(=O)C3Cc4ccccc4N3C)[nH]c3cc(Cl)ccc23)cc(C)c1Cl. The number of halogens is 2. The number of aryl methyl sites for hydroxylation is 3. The Kier molecular flexibility index (Phi) is 9.43. The molecule has 0 saturated carbocycles. The molecule has 4 aromatic rings. The van der Waals surface area contributed by atoms with Crippen LogP contribution in [0.2, 0.25) is 10.0 Å². The minimum absolute atomic E-state index is 0.137. The average Bonchev–Trinajstić information content (AvgIpc) is 3.50. The topological polar surface area (TPSA) is 121 Å². The Hall–Kier alpha value is -3.73. The van der Waals surface area contributed by atoms with Crippen LogP contribution < -0.4 is 19.7 Å². The van der Waals surface area contributed by atoms with Gasteiger partial charge in [-0.25, -0.2) is 13.1 Å². The molecule has 1 unspecified atom stereocenters. The first-order valence-electron chi connectivity index (χ1n) is 14.3. The predicted molar refractivity (Wildman–Crippen MR) is 175 cm³/mol. The van der Waals surface area contributed by atoms with Crippen LogP contribution >= 0.6 is 23.2 Å².